The first-order chi connectivity index (χ1) is 11.9. The number of hydrogen-bond donors (Lipinski definition) is 1. The number of nitrogens with one attached hydrogen (secondary N) is 1. The average molecular weight is 356 g/mol. The van der Waals surface area contributed by atoms with Gasteiger partial charge in [0.05, 0.1) is 11.6 Å². The Labute approximate surface area is 149 Å². The molecule has 1 aliphatic heterocycles. The molecule has 0 spiro atoms. The number of imide groups is 1. The molecular formula is C19H17FN2O2S. The monoisotopic (exact) mass is 356 g/mol. The summed E-state index contributed by atoms with van der Waals surface area (Å²) in [5.41, 5.74) is 3.61. The van der Waals surface area contributed by atoms with Crippen LogP contribution in [-0.2, 0) is 4.79 Å². The summed E-state index contributed by atoms with van der Waals surface area (Å²) in [5, 5.41) is 2.78. The molecule has 1 fully saturated rings. The lowest BCUT2D eigenvalue weighted by Crippen LogP contribution is -2.33. The molecule has 2 amide bonds. The summed E-state index contributed by atoms with van der Waals surface area (Å²) in [6.07, 6.45) is 1.53. The first-order valence-electron chi connectivity index (χ1n) is 7.76. The fraction of sp³-hybridized carbons (Fsp3) is 0.158. The lowest BCUT2D eigenvalue weighted by Gasteiger charge is -2.16. The first kappa shape index (κ1) is 17.2. The molecule has 25 heavy (non-hydrogen) atoms. The smallest absolute Gasteiger partial charge is 0.295 e. The van der Waals surface area contributed by atoms with Crippen LogP contribution in [0.5, 0.6) is 0 Å². The number of rotatable bonds is 4. The Morgan fingerprint density at radius 1 is 1.16 bits per heavy atom. The Hall–Kier alpha value is -2.60. The molecule has 0 aliphatic carbocycles. The van der Waals surface area contributed by atoms with E-state index in [1.165, 1.54) is 18.2 Å². The van der Waals surface area contributed by atoms with Crippen molar-refractivity contribution in [1.29, 1.82) is 0 Å². The largest absolute Gasteiger partial charge is 0.367 e. The number of halogens is 1. The number of hydrogen-bond acceptors (Lipinski definition) is 4. The summed E-state index contributed by atoms with van der Waals surface area (Å²) in [5.74, 6) is -0.763. The molecule has 0 atom stereocenters. The number of benzene rings is 2. The SMILES string of the molecule is Cc1ccc(NCN2C(=O)S/C(=C/c3cccc(F)c3)C2=O)c(C)c1. The van der Waals surface area contributed by atoms with Crippen molar-refractivity contribution in [2.45, 2.75) is 13.8 Å². The van der Waals surface area contributed by atoms with Gasteiger partial charge in [0.1, 0.15) is 5.82 Å². The minimum atomic E-state index is -0.385. The zero-order valence-corrected chi connectivity index (χ0v) is 14.7. The van der Waals surface area contributed by atoms with E-state index < -0.39 is 0 Å². The van der Waals surface area contributed by atoms with E-state index in [1.54, 1.807) is 12.1 Å². The van der Waals surface area contributed by atoms with Crippen LogP contribution in [0.25, 0.3) is 6.08 Å². The predicted octanol–water partition coefficient (Wildman–Crippen LogP) is 4.55. The molecule has 0 saturated carbocycles. The van der Waals surface area contributed by atoms with E-state index in [9.17, 15) is 14.0 Å². The highest BCUT2D eigenvalue weighted by Crippen LogP contribution is 2.32. The summed E-state index contributed by atoms with van der Waals surface area (Å²) in [6.45, 7) is 4.06. The standard InChI is InChI=1S/C19H17FN2O2S/c1-12-6-7-16(13(2)8-12)21-11-22-18(23)17(25-19(22)24)10-14-4-3-5-15(20)9-14/h3-10,21H,11H2,1-2H3/b17-10+. The van der Waals surface area contributed by atoms with E-state index in [0.29, 0.717) is 5.56 Å². The van der Waals surface area contributed by atoms with Crippen LogP contribution < -0.4 is 5.32 Å². The molecule has 1 aliphatic rings. The zero-order valence-electron chi connectivity index (χ0n) is 13.9. The van der Waals surface area contributed by atoms with Gasteiger partial charge in [-0.2, -0.15) is 0 Å². The lowest BCUT2D eigenvalue weighted by molar-refractivity contribution is -0.122. The van der Waals surface area contributed by atoms with Gasteiger partial charge in [-0.3, -0.25) is 14.5 Å². The summed E-state index contributed by atoms with van der Waals surface area (Å²) >= 11 is 0.860. The molecule has 0 radical (unpaired) electrons. The molecule has 1 N–H and O–H groups in total. The average Bonchev–Trinajstić information content (AvgIpc) is 2.81. The van der Waals surface area contributed by atoms with Crippen molar-refractivity contribution in [3.63, 3.8) is 0 Å². The highest BCUT2D eigenvalue weighted by Gasteiger charge is 2.34. The maximum Gasteiger partial charge on any atom is 0.295 e. The molecule has 2 aromatic carbocycles. The Bertz CT molecular complexity index is 879. The third-order valence-electron chi connectivity index (χ3n) is 3.83. The zero-order chi connectivity index (χ0) is 18.0. The number of carbonyl (C=O) groups is 2. The molecule has 1 saturated heterocycles. The molecule has 6 heteroatoms. The van der Waals surface area contributed by atoms with Crippen molar-refractivity contribution in [3.8, 4) is 0 Å². The van der Waals surface area contributed by atoms with Gasteiger partial charge in [0.2, 0.25) is 0 Å². The van der Waals surface area contributed by atoms with E-state index in [0.717, 1.165) is 33.5 Å². The Balaban J connectivity index is 1.73. The quantitative estimate of drug-likeness (QED) is 0.817. The van der Waals surface area contributed by atoms with Gasteiger partial charge in [0.25, 0.3) is 11.1 Å². The van der Waals surface area contributed by atoms with Crippen LogP contribution in [0.2, 0.25) is 0 Å². The lowest BCUT2D eigenvalue weighted by atomic mass is 10.1. The van der Waals surface area contributed by atoms with Gasteiger partial charge in [-0.1, -0.05) is 29.8 Å². The van der Waals surface area contributed by atoms with Crippen molar-refractivity contribution in [2.75, 3.05) is 12.0 Å². The van der Waals surface area contributed by atoms with E-state index in [-0.39, 0.29) is 28.5 Å². The van der Waals surface area contributed by atoms with E-state index in [1.807, 2.05) is 32.0 Å². The highest BCUT2D eigenvalue weighted by molar-refractivity contribution is 8.18. The Morgan fingerprint density at radius 2 is 1.96 bits per heavy atom. The van der Waals surface area contributed by atoms with Crippen molar-refractivity contribution in [1.82, 2.24) is 4.90 Å². The molecule has 3 rings (SSSR count). The van der Waals surface area contributed by atoms with Crippen molar-refractivity contribution >= 4 is 34.7 Å². The number of carbonyl (C=O) groups excluding carboxylic acids is 2. The molecule has 0 aromatic heterocycles. The summed E-state index contributed by atoms with van der Waals surface area (Å²) in [4.78, 5) is 26.0. The van der Waals surface area contributed by atoms with Crippen LogP contribution in [0.15, 0.2) is 47.4 Å². The maximum absolute atomic E-state index is 13.3. The van der Waals surface area contributed by atoms with Gasteiger partial charge in [-0.05, 0) is 61.0 Å². The summed E-state index contributed by atoms with van der Waals surface area (Å²) in [6, 6.07) is 11.8. The number of amides is 2. The van der Waals surface area contributed by atoms with Crippen LogP contribution >= 0.6 is 11.8 Å². The molecule has 0 bridgehead atoms. The number of aryl methyl sites for hydroxylation is 2. The van der Waals surface area contributed by atoms with Crippen LogP contribution in [-0.4, -0.2) is 22.7 Å². The molecule has 1 heterocycles. The Morgan fingerprint density at radius 3 is 2.68 bits per heavy atom. The fourth-order valence-electron chi connectivity index (χ4n) is 2.56. The van der Waals surface area contributed by atoms with Crippen LogP contribution in [0.4, 0.5) is 14.9 Å². The van der Waals surface area contributed by atoms with Crippen LogP contribution in [0.3, 0.4) is 0 Å². The molecule has 128 valence electrons. The van der Waals surface area contributed by atoms with Gasteiger partial charge >= 0.3 is 0 Å². The van der Waals surface area contributed by atoms with Crippen molar-refractivity contribution in [2.24, 2.45) is 0 Å². The van der Waals surface area contributed by atoms with E-state index in [4.69, 9.17) is 0 Å². The number of nitrogens with zero attached hydrogens (tertiary/aromatic N) is 1. The first-order valence-corrected chi connectivity index (χ1v) is 8.58. The normalized spacial score (nSPS) is 16.0. The summed E-state index contributed by atoms with van der Waals surface area (Å²) < 4.78 is 13.3. The van der Waals surface area contributed by atoms with Gasteiger partial charge in [0.15, 0.2) is 0 Å². The second-order valence-electron chi connectivity index (χ2n) is 5.82. The van der Waals surface area contributed by atoms with Crippen molar-refractivity contribution in [3.05, 3.63) is 69.9 Å². The van der Waals surface area contributed by atoms with Gasteiger partial charge in [-0.25, -0.2) is 4.39 Å². The minimum Gasteiger partial charge on any atom is -0.367 e. The second kappa shape index (κ2) is 7.11. The highest BCUT2D eigenvalue weighted by atomic mass is 32.2. The minimum absolute atomic E-state index is 0.0923. The summed E-state index contributed by atoms with van der Waals surface area (Å²) in [7, 11) is 0. The van der Waals surface area contributed by atoms with E-state index in [2.05, 4.69) is 5.32 Å². The number of anilines is 1. The predicted molar refractivity (Wildman–Crippen MR) is 98.6 cm³/mol. The topological polar surface area (TPSA) is 49.4 Å². The molecule has 0 unspecified atom stereocenters. The molecule has 2 aromatic rings. The third-order valence-corrected chi connectivity index (χ3v) is 4.74. The number of thioether (sulfide) groups is 1. The Kier molecular flexibility index (Phi) is 4.90. The van der Waals surface area contributed by atoms with E-state index >= 15 is 0 Å². The van der Waals surface area contributed by atoms with Crippen LogP contribution in [0, 0.1) is 19.7 Å². The fourth-order valence-corrected chi connectivity index (χ4v) is 3.40. The third kappa shape index (κ3) is 3.91. The van der Waals surface area contributed by atoms with Gasteiger partial charge < -0.3 is 5.32 Å². The van der Waals surface area contributed by atoms with Crippen molar-refractivity contribution < 1.29 is 14.0 Å². The van der Waals surface area contributed by atoms with Gasteiger partial charge in [0, 0.05) is 5.69 Å². The van der Waals surface area contributed by atoms with Crippen LogP contribution in [0.1, 0.15) is 16.7 Å². The molecular weight excluding hydrogens is 339 g/mol. The van der Waals surface area contributed by atoms with Gasteiger partial charge in [-0.15, -0.1) is 0 Å². The maximum atomic E-state index is 13.3. The molecule has 4 nitrogen and oxygen atoms in total. The second-order valence-corrected chi connectivity index (χ2v) is 6.81.